The normalized spacial score (nSPS) is 16.9. The number of hydrogen-bond acceptors (Lipinski definition) is 2. The molecule has 0 N–H and O–H groups in total. The summed E-state index contributed by atoms with van der Waals surface area (Å²) in [5.74, 6) is 0.767. The molecule has 0 radical (unpaired) electrons. The van der Waals surface area contributed by atoms with E-state index in [1.807, 2.05) is 19.1 Å². The molecule has 172 valence electrons. The van der Waals surface area contributed by atoms with Gasteiger partial charge in [0.2, 0.25) is 0 Å². The third-order valence-corrected chi connectivity index (χ3v) is 6.83. The molecule has 0 saturated carbocycles. The highest BCUT2D eigenvalue weighted by atomic mass is 127. The van der Waals surface area contributed by atoms with Crippen LogP contribution in [0, 0.1) is 3.70 Å². The maximum atomic E-state index is 4.95. The summed E-state index contributed by atoms with van der Waals surface area (Å²) in [6.07, 6.45) is 12.7. The Morgan fingerprint density at radius 1 is 1.03 bits per heavy atom. The van der Waals surface area contributed by atoms with Gasteiger partial charge in [-0.2, -0.15) is 0 Å². The average molecular weight is 559 g/mol. The van der Waals surface area contributed by atoms with Crippen molar-refractivity contribution in [3.8, 4) is 0 Å². The molecular weight excluding hydrogens is 527 g/mol. The summed E-state index contributed by atoms with van der Waals surface area (Å²) in [7, 11) is 0. The van der Waals surface area contributed by atoms with Gasteiger partial charge in [-0.1, -0.05) is 98.8 Å². The summed E-state index contributed by atoms with van der Waals surface area (Å²) >= 11 is 2.29. The Hall–Kier alpha value is -2.79. The van der Waals surface area contributed by atoms with E-state index in [4.69, 9.17) is 9.97 Å². The van der Waals surface area contributed by atoms with Crippen LogP contribution in [-0.2, 0) is 11.8 Å². The second-order valence-electron chi connectivity index (χ2n) is 9.40. The Labute approximate surface area is 217 Å². The maximum Gasteiger partial charge on any atom is 0.160 e. The van der Waals surface area contributed by atoms with Crippen molar-refractivity contribution in [3.63, 3.8) is 0 Å². The van der Waals surface area contributed by atoms with Gasteiger partial charge >= 0.3 is 0 Å². The Bertz CT molecular complexity index is 1290. The lowest BCUT2D eigenvalue weighted by atomic mass is 9.86. The van der Waals surface area contributed by atoms with Crippen molar-refractivity contribution in [2.24, 2.45) is 0 Å². The molecule has 0 aliphatic heterocycles. The lowest BCUT2D eigenvalue weighted by molar-refractivity contribution is 0.563. The van der Waals surface area contributed by atoms with Gasteiger partial charge in [0.1, 0.15) is 3.70 Å². The second kappa shape index (κ2) is 10.6. The molecule has 1 heterocycles. The molecule has 0 amide bonds. The van der Waals surface area contributed by atoms with Crippen molar-refractivity contribution in [1.82, 2.24) is 9.97 Å². The van der Waals surface area contributed by atoms with Gasteiger partial charge in [0.05, 0.1) is 5.69 Å². The molecule has 0 saturated heterocycles. The fraction of sp³-hybridized carbons (Fsp3) is 0.226. The van der Waals surface area contributed by atoms with Crippen LogP contribution in [0.25, 0.3) is 16.7 Å². The summed E-state index contributed by atoms with van der Waals surface area (Å²) in [5, 5.41) is 0. The number of rotatable bonds is 6. The Balaban J connectivity index is 1.65. The van der Waals surface area contributed by atoms with E-state index in [1.165, 1.54) is 22.3 Å². The third kappa shape index (κ3) is 5.64. The van der Waals surface area contributed by atoms with Gasteiger partial charge in [-0.25, -0.2) is 9.97 Å². The molecule has 1 aliphatic rings. The van der Waals surface area contributed by atoms with Crippen LogP contribution in [-0.4, -0.2) is 9.97 Å². The lowest BCUT2D eigenvalue weighted by Crippen LogP contribution is -2.11. The Morgan fingerprint density at radius 2 is 1.76 bits per heavy atom. The third-order valence-electron chi connectivity index (χ3n) is 6.27. The zero-order valence-corrected chi connectivity index (χ0v) is 22.5. The first kappa shape index (κ1) is 24.3. The summed E-state index contributed by atoms with van der Waals surface area (Å²) in [6.45, 7) is 8.82. The van der Waals surface area contributed by atoms with Gasteiger partial charge in [-0.3, -0.25) is 0 Å². The number of fused-ring (bicyclic) bond motifs is 1. The highest BCUT2D eigenvalue weighted by Gasteiger charge is 2.32. The molecule has 34 heavy (non-hydrogen) atoms. The number of allylic oxidation sites excluding steroid dienone is 8. The predicted octanol–water partition coefficient (Wildman–Crippen LogP) is 8.45. The number of halogens is 1. The minimum Gasteiger partial charge on any atom is -0.228 e. The fourth-order valence-corrected chi connectivity index (χ4v) is 5.01. The molecule has 1 aromatic heterocycles. The smallest absolute Gasteiger partial charge is 0.160 e. The fourth-order valence-electron chi connectivity index (χ4n) is 4.48. The van der Waals surface area contributed by atoms with Gasteiger partial charge in [0, 0.05) is 5.57 Å². The first-order valence-electron chi connectivity index (χ1n) is 11.8. The van der Waals surface area contributed by atoms with Gasteiger partial charge in [-0.05, 0) is 88.6 Å². The van der Waals surface area contributed by atoms with Crippen molar-refractivity contribution in [2.45, 2.75) is 46.0 Å². The minimum atomic E-state index is 0.173. The molecule has 0 atom stereocenters. The van der Waals surface area contributed by atoms with Gasteiger partial charge in [-0.15, -0.1) is 0 Å². The topological polar surface area (TPSA) is 25.8 Å². The van der Waals surface area contributed by atoms with Gasteiger partial charge in [0.25, 0.3) is 0 Å². The summed E-state index contributed by atoms with van der Waals surface area (Å²) in [4.78, 5) is 9.70. The van der Waals surface area contributed by atoms with E-state index >= 15 is 0 Å². The van der Waals surface area contributed by atoms with Crippen LogP contribution in [0.5, 0.6) is 0 Å². The summed E-state index contributed by atoms with van der Waals surface area (Å²) < 4.78 is 0.945. The SMILES string of the molecule is C/C=C\C(=C/Cc1ccccc1)c1nc(I)cc(/C(C)=C/C=C2\CC(C)(C)c3ccccc32)n1. The van der Waals surface area contributed by atoms with E-state index < -0.39 is 0 Å². The van der Waals surface area contributed by atoms with Crippen molar-refractivity contribution in [1.29, 1.82) is 0 Å². The van der Waals surface area contributed by atoms with Crippen molar-refractivity contribution in [2.75, 3.05) is 0 Å². The van der Waals surface area contributed by atoms with Crippen molar-refractivity contribution in [3.05, 3.63) is 123 Å². The zero-order valence-electron chi connectivity index (χ0n) is 20.3. The van der Waals surface area contributed by atoms with E-state index in [9.17, 15) is 0 Å². The van der Waals surface area contributed by atoms with E-state index in [0.29, 0.717) is 0 Å². The Morgan fingerprint density at radius 3 is 2.53 bits per heavy atom. The number of nitrogens with zero attached hydrogens (tertiary/aromatic N) is 2. The quantitative estimate of drug-likeness (QED) is 0.172. The predicted molar refractivity (Wildman–Crippen MR) is 153 cm³/mol. The van der Waals surface area contributed by atoms with E-state index in [1.54, 1.807) is 0 Å². The second-order valence-corrected chi connectivity index (χ2v) is 10.5. The van der Waals surface area contributed by atoms with E-state index in [2.05, 4.69) is 122 Å². The summed E-state index contributed by atoms with van der Waals surface area (Å²) in [5.41, 5.74) is 8.79. The van der Waals surface area contributed by atoms with Crippen LogP contribution in [0.1, 0.15) is 62.3 Å². The maximum absolute atomic E-state index is 4.95. The first-order chi connectivity index (χ1) is 16.4. The number of benzene rings is 2. The highest BCUT2D eigenvalue weighted by Crippen LogP contribution is 2.45. The van der Waals surface area contributed by atoms with Crippen LogP contribution >= 0.6 is 22.6 Å². The standard InChI is InChI=1S/C31H31IN2/c1-5-11-24(19-17-23-12-7-6-8-13-23)30-33-28(20-29(32)34-30)22(2)16-18-25-21-31(3,4)27-15-10-9-14-26(25)27/h5-16,18-20H,17,21H2,1-4H3/b11-5-,22-16+,24-19+,25-18+. The minimum absolute atomic E-state index is 0.173. The van der Waals surface area contributed by atoms with Crippen LogP contribution < -0.4 is 0 Å². The summed E-state index contributed by atoms with van der Waals surface area (Å²) in [6, 6.07) is 21.3. The van der Waals surface area contributed by atoms with Crippen molar-refractivity contribution >= 4 is 39.3 Å². The van der Waals surface area contributed by atoms with Gasteiger partial charge in [0.15, 0.2) is 5.82 Å². The molecule has 2 nitrogen and oxygen atoms in total. The molecule has 3 heteroatoms. The average Bonchev–Trinajstić information content (AvgIpc) is 3.10. The molecule has 0 spiro atoms. The lowest BCUT2D eigenvalue weighted by Gasteiger charge is -2.17. The monoisotopic (exact) mass is 558 g/mol. The molecule has 0 fully saturated rings. The molecule has 0 bridgehead atoms. The van der Waals surface area contributed by atoms with Crippen LogP contribution in [0.2, 0.25) is 0 Å². The van der Waals surface area contributed by atoms with Crippen LogP contribution in [0.3, 0.4) is 0 Å². The molecule has 1 aliphatic carbocycles. The highest BCUT2D eigenvalue weighted by molar-refractivity contribution is 14.1. The number of aromatic nitrogens is 2. The van der Waals surface area contributed by atoms with Gasteiger partial charge < -0.3 is 0 Å². The van der Waals surface area contributed by atoms with Crippen LogP contribution in [0.4, 0.5) is 0 Å². The van der Waals surface area contributed by atoms with E-state index in [-0.39, 0.29) is 5.41 Å². The van der Waals surface area contributed by atoms with Crippen LogP contribution in [0.15, 0.2) is 91.0 Å². The first-order valence-corrected chi connectivity index (χ1v) is 12.8. The largest absolute Gasteiger partial charge is 0.228 e. The molecular formula is C31H31IN2. The molecule has 2 aromatic carbocycles. The van der Waals surface area contributed by atoms with E-state index in [0.717, 1.165) is 39.2 Å². The molecule has 3 aromatic rings. The molecule has 4 rings (SSSR count). The Kier molecular flexibility index (Phi) is 7.62. The molecule has 0 unspecified atom stereocenters. The number of hydrogen-bond donors (Lipinski definition) is 0. The van der Waals surface area contributed by atoms with Crippen molar-refractivity contribution < 1.29 is 0 Å². The zero-order chi connectivity index (χ0) is 24.1.